The molecule has 17 heavy (non-hydrogen) atoms. The number of hydrogen-bond acceptors (Lipinski definition) is 3. The maximum absolute atomic E-state index is 5.04. The van der Waals surface area contributed by atoms with E-state index in [1.165, 1.54) is 57.3 Å². The molecule has 0 amide bonds. The molecule has 1 N–H and O–H groups in total. The number of hydrogen-bond donors (Lipinski definition) is 1. The summed E-state index contributed by atoms with van der Waals surface area (Å²) in [6.07, 6.45) is 10.6. The minimum Gasteiger partial charge on any atom is -0.472 e. The van der Waals surface area contributed by atoms with Gasteiger partial charge in [0.15, 0.2) is 0 Å². The molecule has 0 aromatic carbocycles. The molecule has 0 spiro atoms. The van der Waals surface area contributed by atoms with Crippen molar-refractivity contribution in [2.75, 3.05) is 26.2 Å². The first-order chi connectivity index (χ1) is 8.45. The lowest BCUT2D eigenvalue weighted by Gasteiger charge is -2.24. The van der Waals surface area contributed by atoms with Gasteiger partial charge in [-0.15, -0.1) is 0 Å². The Kier molecular flexibility index (Phi) is 5.59. The number of likely N-dealkylation sites (tertiary alicyclic amines) is 1. The molecule has 0 unspecified atom stereocenters. The Hall–Kier alpha value is -0.800. The Labute approximate surface area is 104 Å². The highest BCUT2D eigenvalue weighted by Gasteiger charge is 2.07. The van der Waals surface area contributed by atoms with Crippen molar-refractivity contribution in [2.24, 2.45) is 0 Å². The molecule has 2 rings (SSSR count). The molecule has 1 aliphatic heterocycles. The molecule has 1 aromatic heterocycles. The van der Waals surface area contributed by atoms with Gasteiger partial charge >= 0.3 is 0 Å². The first-order valence-electron chi connectivity index (χ1n) is 6.89. The van der Waals surface area contributed by atoms with Crippen LogP contribution < -0.4 is 5.32 Å². The molecule has 1 aliphatic rings. The molecule has 3 heteroatoms. The molecular weight excluding hydrogens is 212 g/mol. The fourth-order valence-corrected chi connectivity index (χ4v) is 2.40. The van der Waals surface area contributed by atoms with Crippen molar-refractivity contribution in [1.29, 1.82) is 0 Å². The summed E-state index contributed by atoms with van der Waals surface area (Å²) in [4.78, 5) is 2.60. The van der Waals surface area contributed by atoms with Crippen LogP contribution in [0, 0.1) is 0 Å². The second-order valence-electron chi connectivity index (χ2n) is 4.92. The van der Waals surface area contributed by atoms with Crippen molar-refractivity contribution in [3.05, 3.63) is 24.2 Å². The average molecular weight is 236 g/mol. The second kappa shape index (κ2) is 7.51. The van der Waals surface area contributed by atoms with Crippen molar-refractivity contribution in [3.8, 4) is 0 Å². The van der Waals surface area contributed by atoms with Gasteiger partial charge in [0.2, 0.25) is 0 Å². The average Bonchev–Trinajstić information content (AvgIpc) is 2.79. The summed E-state index contributed by atoms with van der Waals surface area (Å²) in [5.74, 6) is 0. The third-order valence-corrected chi connectivity index (χ3v) is 3.46. The van der Waals surface area contributed by atoms with Crippen molar-refractivity contribution in [3.63, 3.8) is 0 Å². The van der Waals surface area contributed by atoms with Gasteiger partial charge in [-0.1, -0.05) is 19.3 Å². The summed E-state index contributed by atoms with van der Waals surface area (Å²) in [6.45, 7) is 5.74. The lowest BCUT2D eigenvalue weighted by atomic mass is 10.1. The van der Waals surface area contributed by atoms with E-state index in [0.717, 1.165) is 13.1 Å². The predicted octanol–water partition coefficient (Wildman–Crippen LogP) is 2.64. The van der Waals surface area contributed by atoms with Crippen LogP contribution in [0.2, 0.25) is 0 Å². The number of furan rings is 1. The van der Waals surface area contributed by atoms with Gasteiger partial charge in [-0.2, -0.15) is 0 Å². The first-order valence-corrected chi connectivity index (χ1v) is 6.89. The van der Waals surface area contributed by atoms with Crippen molar-refractivity contribution in [1.82, 2.24) is 10.2 Å². The van der Waals surface area contributed by atoms with Gasteiger partial charge in [-0.25, -0.2) is 0 Å². The van der Waals surface area contributed by atoms with Gasteiger partial charge in [-0.05, 0) is 32.0 Å². The molecule has 96 valence electrons. The molecule has 0 saturated carbocycles. The van der Waals surface area contributed by atoms with Crippen LogP contribution in [0.3, 0.4) is 0 Å². The summed E-state index contributed by atoms with van der Waals surface area (Å²) in [5, 5.41) is 3.47. The Morgan fingerprint density at radius 2 is 1.88 bits per heavy atom. The smallest absolute Gasteiger partial charge is 0.0947 e. The molecule has 1 fully saturated rings. The van der Waals surface area contributed by atoms with Crippen LogP contribution in [0.4, 0.5) is 0 Å². The van der Waals surface area contributed by atoms with E-state index in [4.69, 9.17) is 4.42 Å². The third-order valence-electron chi connectivity index (χ3n) is 3.46. The van der Waals surface area contributed by atoms with E-state index in [-0.39, 0.29) is 0 Å². The number of rotatable bonds is 5. The highest BCUT2D eigenvalue weighted by atomic mass is 16.3. The molecule has 0 atom stereocenters. The number of nitrogens with one attached hydrogen (secondary N) is 1. The van der Waals surface area contributed by atoms with Gasteiger partial charge in [-0.3, -0.25) is 0 Å². The molecular formula is C14H24N2O. The minimum absolute atomic E-state index is 0.921. The maximum Gasteiger partial charge on any atom is 0.0947 e. The Bertz CT molecular complexity index is 276. The van der Waals surface area contributed by atoms with Crippen LogP contribution in [0.5, 0.6) is 0 Å². The zero-order valence-corrected chi connectivity index (χ0v) is 10.7. The van der Waals surface area contributed by atoms with Crippen LogP contribution in [-0.2, 0) is 6.54 Å². The molecule has 0 aliphatic carbocycles. The van der Waals surface area contributed by atoms with Gasteiger partial charge in [0.05, 0.1) is 12.5 Å². The zero-order chi connectivity index (χ0) is 11.8. The van der Waals surface area contributed by atoms with E-state index < -0.39 is 0 Å². The Morgan fingerprint density at radius 1 is 1.12 bits per heavy atom. The predicted molar refractivity (Wildman–Crippen MR) is 69.9 cm³/mol. The van der Waals surface area contributed by atoms with E-state index in [0.29, 0.717) is 0 Å². The summed E-state index contributed by atoms with van der Waals surface area (Å²) in [6, 6.07) is 2.02. The van der Waals surface area contributed by atoms with E-state index in [1.54, 1.807) is 6.26 Å². The molecule has 2 heterocycles. The highest BCUT2D eigenvalue weighted by molar-refractivity contribution is 5.04. The van der Waals surface area contributed by atoms with E-state index in [1.807, 2.05) is 12.3 Å². The van der Waals surface area contributed by atoms with Crippen LogP contribution >= 0.6 is 0 Å². The summed E-state index contributed by atoms with van der Waals surface area (Å²) in [5.41, 5.74) is 1.23. The SMILES string of the molecule is c1cc(CNCCN2CCCCCCC2)co1. The van der Waals surface area contributed by atoms with Gasteiger partial charge < -0.3 is 14.6 Å². The summed E-state index contributed by atoms with van der Waals surface area (Å²) < 4.78 is 5.04. The van der Waals surface area contributed by atoms with Crippen molar-refractivity contribution >= 4 is 0 Å². The van der Waals surface area contributed by atoms with E-state index in [2.05, 4.69) is 10.2 Å². The highest BCUT2D eigenvalue weighted by Crippen LogP contribution is 2.09. The van der Waals surface area contributed by atoms with E-state index in [9.17, 15) is 0 Å². The molecule has 1 aromatic rings. The first kappa shape index (κ1) is 12.7. The summed E-state index contributed by atoms with van der Waals surface area (Å²) in [7, 11) is 0. The lowest BCUT2D eigenvalue weighted by Crippen LogP contribution is -2.34. The lowest BCUT2D eigenvalue weighted by molar-refractivity contribution is 0.247. The van der Waals surface area contributed by atoms with Gasteiger partial charge in [0.1, 0.15) is 0 Å². The van der Waals surface area contributed by atoms with Gasteiger partial charge in [0, 0.05) is 25.2 Å². The molecule has 0 bridgehead atoms. The Morgan fingerprint density at radius 3 is 2.59 bits per heavy atom. The normalized spacial score (nSPS) is 18.8. The summed E-state index contributed by atoms with van der Waals surface area (Å²) >= 11 is 0. The largest absolute Gasteiger partial charge is 0.472 e. The molecule has 3 nitrogen and oxygen atoms in total. The van der Waals surface area contributed by atoms with Crippen molar-refractivity contribution in [2.45, 2.75) is 38.6 Å². The van der Waals surface area contributed by atoms with E-state index >= 15 is 0 Å². The van der Waals surface area contributed by atoms with Crippen molar-refractivity contribution < 1.29 is 4.42 Å². The zero-order valence-electron chi connectivity index (χ0n) is 10.7. The number of nitrogens with zero attached hydrogens (tertiary/aromatic N) is 1. The molecule has 1 saturated heterocycles. The van der Waals surface area contributed by atoms with Gasteiger partial charge in [0.25, 0.3) is 0 Å². The molecule has 0 radical (unpaired) electrons. The van der Waals surface area contributed by atoms with Crippen LogP contribution in [0.15, 0.2) is 23.0 Å². The third kappa shape index (κ3) is 4.92. The Balaban J connectivity index is 1.57. The van der Waals surface area contributed by atoms with Crippen LogP contribution in [0.25, 0.3) is 0 Å². The quantitative estimate of drug-likeness (QED) is 0.797. The standard InChI is InChI=1S/C14H24N2O/c1-2-4-8-16(9-5-3-1)10-7-15-12-14-6-11-17-13-14/h6,11,13,15H,1-5,7-10,12H2. The maximum atomic E-state index is 5.04. The fourth-order valence-electron chi connectivity index (χ4n) is 2.40. The van der Waals surface area contributed by atoms with Crippen LogP contribution in [0.1, 0.15) is 37.7 Å². The second-order valence-corrected chi connectivity index (χ2v) is 4.92. The fraction of sp³-hybridized carbons (Fsp3) is 0.714. The topological polar surface area (TPSA) is 28.4 Å². The monoisotopic (exact) mass is 236 g/mol. The van der Waals surface area contributed by atoms with Crippen LogP contribution in [-0.4, -0.2) is 31.1 Å². The minimum atomic E-state index is 0.921.